The number of halogens is 3. The van der Waals surface area contributed by atoms with E-state index in [0.717, 1.165) is 23.4 Å². The van der Waals surface area contributed by atoms with Crippen molar-refractivity contribution in [2.75, 3.05) is 16.9 Å². The van der Waals surface area contributed by atoms with Crippen LogP contribution in [0.1, 0.15) is 12.5 Å². The molecule has 2 aromatic rings. The maximum absolute atomic E-state index is 13.2. The number of alkyl halides is 3. The molecule has 0 bridgehead atoms. The lowest BCUT2D eigenvalue weighted by molar-refractivity contribution is -0.274. The van der Waals surface area contributed by atoms with E-state index in [1.54, 1.807) is 0 Å². The number of ether oxygens (including phenoxy) is 1. The first kappa shape index (κ1) is 22.1. The number of Topliss-reactive ketones (excluding diaryl/α,β-unsaturated/α-hetero) is 1. The number of aryl methyl sites for hydroxylation is 1. The summed E-state index contributed by atoms with van der Waals surface area (Å²) in [5, 5.41) is 7.82. The molecule has 2 aliphatic rings. The number of nitrogens with one attached hydrogen (secondary N) is 3. The van der Waals surface area contributed by atoms with Gasteiger partial charge in [0, 0.05) is 18.3 Å². The molecule has 2 fully saturated rings. The molecule has 0 spiro atoms. The fraction of sp³-hybridized carbons (Fsp3) is 0.364. The summed E-state index contributed by atoms with van der Waals surface area (Å²) in [5.41, 5.74) is 5.63. The van der Waals surface area contributed by atoms with E-state index in [0.29, 0.717) is 0 Å². The number of carbonyl (C=O) groups is 2. The van der Waals surface area contributed by atoms with Gasteiger partial charge in [-0.2, -0.15) is 0 Å². The van der Waals surface area contributed by atoms with Gasteiger partial charge in [-0.05, 0) is 50.2 Å². The number of fused-ring (bicyclic) bond motifs is 1. The predicted octanol–water partition coefficient (Wildman–Crippen LogP) is 2.98. The zero-order valence-corrected chi connectivity index (χ0v) is 17.4. The Morgan fingerprint density at radius 3 is 2.41 bits per heavy atom. The lowest BCUT2D eigenvalue weighted by Crippen LogP contribution is -2.58. The van der Waals surface area contributed by atoms with Crippen LogP contribution >= 0.6 is 0 Å². The van der Waals surface area contributed by atoms with Crippen molar-refractivity contribution in [1.82, 2.24) is 10.7 Å². The highest BCUT2D eigenvalue weighted by atomic mass is 19.4. The number of piperidine rings is 1. The van der Waals surface area contributed by atoms with Gasteiger partial charge in [0.1, 0.15) is 17.8 Å². The average Bonchev–Trinajstić information content (AvgIpc) is 3.06. The Morgan fingerprint density at radius 2 is 1.78 bits per heavy atom. The maximum Gasteiger partial charge on any atom is 0.573 e. The Labute approximate surface area is 182 Å². The molecule has 2 heterocycles. The largest absolute Gasteiger partial charge is 0.573 e. The van der Waals surface area contributed by atoms with Crippen molar-refractivity contribution in [3.63, 3.8) is 0 Å². The summed E-state index contributed by atoms with van der Waals surface area (Å²) in [5.74, 6) is -2.44. The van der Waals surface area contributed by atoms with Gasteiger partial charge < -0.3 is 10.1 Å². The van der Waals surface area contributed by atoms with Gasteiger partial charge >= 0.3 is 6.36 Å². The van der Waals surface area contributed by atoms with E-state index in [-0.39, 0.29) is 30.2 Å². The summed E-state index contributed by atoms with van der Waals surface area (Å²) >= 11 is 0. The van der Waals surface area contributed by atoms with Crippen LogP contribution in [0.3, 0.4) is 0 Å². The molecule has 10 heteroatoms. The minimum absolute atomic E-state index is 0.151. The monoisotopic (exact) mass is 448 g/mol. The quantitative estimate of drug-likeness (QED) is 0.624. The third-order valence-electron chi connectivity index (χ3n) is 5.69. The Bertz CT molecular complexity index is 995. The molecule has 4 atom stereocenters. The highest BCUT2D eigenvalue weighted by Crippen LogP contribution is 2.32. The van der Waals surface area contributed by atoms with Gasteiger partial charge in [-0.25, -0.2) is 5.43 Å². The first-order valence-electron chi connectivity index (χ1n) is 10.2. The molecule has 4 unspecified atom stereocenters. The van der Waals surface area contributed by atoms with Crippen LogP contribution < -0.4 is 25.8 Å². The number of nitrogens with zero attached hydrogens (tertiary/aromatic N) is 1. The third kappa shape index (κ3) is 4.56. The average molecular weight is 448 g/mol. The molecule has 32 heavy (non-hydrogen) atoms. The van der Waals surface area contributed by atoms with Gasteiger partial charge in [0.25, 0.3) is 0 Å². The van der Waals surface area contributed by atoms with Crippen LogP contribution in [0.5, 0.6) is 5.75 Å². The van der Waals surface area contributed by atoms with Gasteiger partial charge in [-0.15, -0.1) is 13.2 Å². The fourth-order valence-electron chi connectivity index (χ4n) is 4.14. The minimum Gasteiger partial charge on any atom is -0.406 e. The molecule has 2 aliphatic heterocycles. The third-order valence-corrected chi connectivity index (χ3v) is 5.69. The molecule has 4 rings (SSSR count). The molecule has 1 amide bonds. The number of carbonyl (C=O) groups excluding carboxylic acids is 2. The molecule has 170 valence electrons. The molecule has 0 saturated carbocycles. The van der Waals surface area contributed by atoms with E-state index in [9.17, 15) is 22.8 Å². The lowest BCUT2D eigenvalue weighted by atomic mass is 9.83. The van der Waals surface area contributed by atoms with E-state index >= 15 is 0 Å². The van der Waals surface area contributed by atoms with Gasteiger partial charge in [-0.1, -0.05) is 17.7 Å². The Balaban J connectivity index is 1.43. The van der Waals surface area contributed by atoms with Crippen LogP contribution in [-0.2, 0) is 9.59 Å². The van der Waals surface area contributed by atoms with E-state index in [2.05, 4.69) is 20.8 Å². The Kier molecular flexibility index (Phi) is 5.83. The number of hydrogen-bond donors (Lipinski definition) is 3. The molecule has 7 nitrogen and oxygen atoms in total. The van der Waals surface area contributed by atoms with Crippen molar-refractivity contribution in [2.24, 2.45) is 11.8 Å². The summed E-state index contributed by atoms with van der Waals surface area (Å²) < 4.78 is 40.7. The maximum atomic E-state index is 13.2. The zero-order valence-electron chi connectivity index (χ0n) is 17.4. The van der Waals surface area contributed by atoms with Crippen LogP contribution in [0, 0.1) is 18.8 Å². The minimum atomic E-state index is -4.79. The SMILES string of the molecule is Cc1ccc(N2NC(C)C3C(=O)C(C(=O)Nc4ccc(OC(F)(F)F)cc4)CNC32)cc1. The fourth-order valence-corrected chi connectivity index (χ4v) is 4.14. The number of benzene rings is 2. The van der Waals surface area contributed by atoms with E-state index < -0.39 is 29.9 Å². The van der Waals surface area contributed by atoms with Crippen LogP contribution in [0.25, 0.3) is 0 Å². The van der Waals surface area contributed by atoms with Crippen LogP contribution in [0.15, 0.2) is 48.5 Å². The van der Waals surface area contributed by atoms with Crippen molar-refractivity contribution in [1.29, 1.82) is 0 Å². The summed E-state index contributed by atoms with van der Waals surface area (Å²) in [6.07, 6.45) is -5.08. The van der Waals surface area contributed by atoms with Gasteiger partial charge in [0.05, 0.1) is 11.6 Å². The number of rotatable bonds is 4. The molecular formula is C22H23F3N4O3. The van der Waals surface area contributed by atoms with Crippen molar-refractivity contribution in [3.8, 4) is 5.75 Å². The number of hydrazine groups is 1. The Morgan fingerprint density at radius 1 is 1.12 bits per heavy atom. The van der Waals surface area contributed by atoms with Gasteiger partial charge in [0.15, 0.2) is 5.78 Å². The highest BCUT2D eigenvalue weighted by Gasteiger charge is 2.50. The first-order valence-corrected chi connectivity index (χ1v) is 10.2. The Hall–Kier alpha value is -3.11. The van der Waals surface area contributed by atoms with Crippen LogP contribution in [0.4, 0.5) is 24.5 Å². The van der Waals surface area contributed by atoms with E-state index in [1.807, 2.05) is 43.1 Å². The normalized spacial score (nSPS) is 25.4. The smallest absolute Gasteiger partial charge is 0.406 e. The second-order valence-electron chi connectivity index (χ2n) is 8.02. The molecule has 0 aromatic heterocycles. The van der Waals surface area contributed by atoms with Crippen LogP contribution in [0.2, 0.25) is 0 Å². The molecular weight excluding hydrogens is 425 g/mol. The highest BCUT2D eigenvalue weighted by molar-refractivity contribution is 6.09. The molecule has 0 aliphatic carbocycles. The van der Waals surface area contributed by atoms with E-state index in [4.69, 9.17) is 0 Å². The summed E-state index contributed by atoms with van der Waals surface area (Å²) in [6.45, 7) is 4.04. The number of ketones is 1. The molecule has 2 saturated heterocycles. The van der Waals surface area contributed by atoms with Crippen LogP contribution in [-0.4, -0.2) is 36.8 Å². The molecule has 0 radical (unpaired) electrons. The second kappa shape index (κ2) is 8.44. The zero-order chi connectivity index (χ0) is 23.0. The number of anilines is 2. The molecule has 3 N–H and O–H groups in total. The molecule has 2 aromatic carbocycles. The standard InChI is InChI=1S/C22H23F3N4O3/c1-12-3-7-15(8-4-12)29-20-18(13(2)28-29)19(30)17(11-26-20)21(31)27-14-5-9-16(10-6-14)32-22(23,24)25/h3-10,13,17-18,20,26,28H,11H2,1-2H3,(H,27,31). The summed E-state index contributed by atoms with van der Waals surface area (Å²) in [7, 11) is 0. The second-order valence-corrected chi connectivity index (χ2v) is 8.02. The number of amides is 1. The van der Waals surface area contributed by atoms with Gasteiger partial charge in [-0.3, -0.25) is 19.9 Å². The summed E-state index contributed by atoms with van der Waals surface area (Å²) in [6, 6.07) is 12.5. The van der Waals surface area contributed by atoms with Crippen molar-refractivity contribution in [3.05, 3.63) is 54.1 Å². The topological polar surface area (TPSA) is 82.7 Å². The summed E-state index contributed by atoms with van der Waals surface area (Å²) in [4.78, 5) is 25.9. The van der Waals surface area contributed by atoms with Gasteiger partial charge in [0.2, 0.25) is 5.91 Å². The van der Waals surface area contributed by atoms with Crippen molar-refractivity contribution >= 4 is 23.1 Å². The van der Waals surface area contributed by atoms with E-state index in [1.165, 1.54) is 12.1 Å². The van der Waals surface area contributed by atoms with Crippen molar-refractivity contribution < 1.29 is 27.5 Å². The van der Waals surface area contributed by atoms with Crippen molar-refractivity contribution in [2.45, 2.75) is 32.4 Å². The predicted molar refractivity (Wildman–Crippen MR) is 112 cm³/mol. The lowest BCUT2D eigenvalue weighted by Gasteiger charge is -2.35. The first-order chi connectivity index (χ1) is 15.1. The number of hydrogen-bond acceptors (Lipinski definition) is 6.